The number of unbranched alkanes of at least 4 members (excludes halogenated alkanes) is 1. The number of methoxy groups -OCH3 is 2. The quantitative estimate of drug-likeness (QED) is 0.309. The van der Waals surface area contributed by atoms with Gasteiger partial charge in [-0.15, -0.1) is 0 Å². The first-order valence-electron chi connectivity index (χ1n) is 10.2. The molecule has 31 heavy (non-hydrogen) atoms. The average molecular weight is 427 g/mol. The third kappa shape index (κ3) is 4.27. The van der Waals surface area contributed by atoms with E-state index < -0.39 is 10.7 Å². The van der Waals surface area contributed by atoms with E-state index in [-0.39, 0.29) is 11.3 Å². The van der Waals surface area contributed by atoms with Crippen molar-refractivity contribution < 1.29 is 18.8 Å². The molecule has 0 saturated carbocycles. The molecule has 2 aromatic carbocycles. The molecule has 0 atom stereocenters. The highest BCUT2D eigenvalue weighted by atomic mass is 16.6. The molecule has 0 bridgehead atoms. The third-order valence-electron chi connectivity index (χ3n) is 5.77. The van der Waals surface area contributed by atoms with Gasteiger partial charge in [0.15, 0.2) is 17.1 Å². The minimum Gasteiger partial charge on any atom is -0.493 e. The molecule has 1 aliphatic rings. The summed E-state index contributed by atoms with van der Waals surface area (Å²) in [7, 11) is 3.29. The number of benzene rings is 2. The number of fused-ring (bicyclic) bond motifs is 2. The fourth-order valence-electron chi connectivity index (χ4n) is 4.12. The zero-order valence-electron chi connectivity index (χ0n) is 17.6. The Kier molecular flexibility index (Phi) is 5.94. The van der Waals surface area contributed by atoms with Gasteiger partial charge in [0.05, 0.1) is 30.7 Å². The van der Waals surface area contributed by atoms with Crippen LogP contribution in [0.5, 0.6) is 11.5 Å². The van der Waals surface area contributed by atoms with Crippen molar-refractivity contribution in [3.63, 3.8) is 0 Å². The number of nitrogens with zero attached hydrogens (tertiary/aromatic N) is 3. The normalized spacial score (nSPS) is 13.9. The van der Waals surface area contributed by atoms with Crippen LogP contribution in [0.1, 0.15) is 24.0 Å². The summed E-state index contributed by atoms with van der Waals surface area (Å²) >= 11 is 0. The van der Waals surface area contributed by atoms with Crippen LogP contribution in [0.4, 0.5) is 5.69 Å². The second-order valence-electron chi connectivity index (χ2n) is 7.64. The van der Waals surface area contributed by atoms with E-state index in [1.807, 2.05) is 0 Å². The summed E-state index contributed by atoms with van der Waals surface area (Å²) in [5, 5.41) is 10.9. The molecular formula is C22H25N3O6. The Morgan fingerprint density at radius 3 is 2.48 bits per heavy atom. The zero-order chi connectivity index (χ0) is 22.0. The molecular weight excluding hydrogens is 402 g/mol. The monoisotopic (exact) mass is 427 g/mol. The summed E-state index contributed by atoms with van der Waals surface area (Å²) in [5.41, 5.74) is 3.29. The standard InChI is InChI=1S/C22H25N3O6/c1-29-20-11-15-7-10-23(14-16(15)12-21(20)30-2)8-3-4-9-24-18-6-5-17(25(27)28)13-19(18)31-22(24)26/h5-6,11-13H,3-4,7-10,14H2,1-2H3. The van der Waals surface area contributed by atoms with Crippen molar-refractivity contribution in [3.05, 3.63) is 62.1 Å². The lowest BCUT2D eigenvalue weighted by atomic mass is 9.98. The Labute approximate surface area is 178 Å². The number of ether oxygens (including phenoxy) is 2. The molecule has 3 aromatic rings. The molecule has 0 aliphatic carbocycles. The van der Waals surface area contributed by atoms with Gasteiger partial charge in [0, 0.05) is 25.7 Å². The van der Waals surface area contributed by atoms with Crippen molar-refractivity contribution in [1.29, 1.82) is 0 Å². The second-order valence-corrected chi connectivity index (χ2v) is 7.64. The molecule has 9 heteroatoms. The topological polar surface area (TPSA) is 100.0 Å². The summed E-state index contributed by atoms with van der Waals surface area (Å²) in [6, 6.07) is 8.37. The lowest BCUT2D eigenvalue weighted by molar-refractivity contribution is -0.384. The number of rotatable bonds is 8. The van der Waals surface area contributed by atoms with Crippen molar-refractivity contribution in [1.82, 2.24) is 9.47 Å². The molecule has 164 valence electrons. The van der Waals surface area contributed by atoms with Crippen LogP contribution in [-0.4, -0.2) is 41.7 Å². The van der Waals surface area contributed by atoms with Gasteiger partial charge >= 0.3 is 5.76 Å². The number of nitro groups is 1. The molecule has 4 rings (SSSR count). The molecule has 2 heterocycles. The van der Waals surface area contributed by atoms with Crippen LogP contribution >= 0.6 is 0 Å². The van der Waals surface area contributed by atoms with Crippen molar-refractivity contribution in [2.45, 2.75) is 32.4 Å². The lowest BCUT2D eigenvalue weighted by Gasteiger charge is -2.29. The molecule has 0 radical (unpaired) electrons. The Bertz CT molecular complexity index is 1170. The first-order valence-corrected chi connectivity index (χ1v) is 10.2. The predicted octanol–water partition coefficient (Wildman–Crippen LogP) is 3.36. The minimum absolute atomic E-state index is 0.0898. The van der Waals surface area contributed by atoms with Crippen LogP contribution in [0.2, 0.25) is 0 Å². The summed E-state index contributed by atoms with van der Waals surface area (Å²) in [4.78, 5) is 25.0. The van der Waals surface area contributed by atoms with Gasteiger partial charge < -0.3 is 13.9 Å². The maximum absolute atomic E-state index is 12.2. The minimum atomic E-state index is -0.501. The molecule has 9 nitrogen and oxygen atoms in total. The van der Waals surface area contributed by atoms with Crippen LogP contribution < -0.4 is 15.2 Å². The Balaban J connectivity index is 1.35. The number of hydrogen-bond acceptors (Lipinski definition) is 7. The maximum atomic E-state index is 12.2. The largest absolute Gasteiger partial charge is 0.493 e. The van der Waals surface area contributed by atoms with Gasteiger partial charge in [-0.1, -0.05) is 0 Å². The fraction of sp³-hybridized carbons (Fsp3) is 0.409. The Morgan fingerprint density at radius 2 is 1.77 bits per heavy atom. The number of aryl methyl sites for hydroxylation is 1. The molecule has 0 N–H and O–H groups in total. The molecule has 0 unspecified atom stereocenters. The number of nitro benzene ring substituents is 1. The van der Waals surface area contributed by atoms with Crippen molar-refractivity contribution >= 4 is 16.8 Å². The molecule has 1 aliphatic heterocycles. The van der Waals surface area contributed by atoms with E-state index in [0.29, 0.717) is 12.1 Å². The fourth-order valence-corrected chi connectivity index (χ4v) is 4.12. The van der Waals surface area contributed by atoms with Gasteiger partial charge in [-0.2, -0.15) is 0 Å². The highest BCUT2D eigenvalue weighted by molar-refractivity contribution is 5.75. The average Bonchev–Trinajstić information content (AvgIpc) is 3.09. The van der Waals surface area contributed by atoms with Crippen LogP contribution in [0.3, 0.4) is 0 Å². The summed E-state index contributed by atoms with van der Waals surface area (Å²) < 4.78 is 17.5. The first kappa shape index (κ1) is 20.9. The number of aromatic nitrogens is 1. The number of oxazole rings is 1. The number of hydrogen-bond donors (Lipinski definition) is 0. The zero-order valence-corrected chi connectivity index (χ0v) is 17.6. The van der Waals surface area contributed by atoms with Gasteiger partial charge in [-0.25, -0.2) is 4.79 Å². The number of non-ortho nitro benzene ring substituents is 1. The molecule has 0 spiro atoms. The van der Waals surface area contributed by atoms with Crippen molar-refractivity contribution in [2.75, 3.05) is 27.3 Å². The van der Waals surface area contributed by atoms with E-state index in [2.05, 4.69) is 17.0 Å². The van der Waals surface area contributed by atoms with Crippen molar-refractivity contribution in [3.8, 4) is 11.5 Å². The highest BCUT2D eigenvalue weighted by Gasteiger charge is 2.19. The molecule has 0 fully saturated rings. The van der Waals surface area contributed by atoms with E-state index in [1.54, 1.807) is 24.9 Å². The molecule has 0 saturated heterocycles. The first-order chi connectivity index (χ1) is 15.0. The highest BCUT2D eigenvalue weighted by Crippen LogP contribution is 2.33. The van der Waals surface area contributed by atoms with E-state index >= 15 is 0 Å². The Hall–Kier alpha value is -3.33. The maximum Gasteiger partial charge on any atom is 0.419 e. The third-order valence-corrected chi connectivity index (χ3v) is 5.77. The van der Waals surface area contributed by atoms with Gasteiger partial charge in [0.1, 0.15) is 0 Å². The van der Waals surface area contributed by atoms with Crippen LogP contribution in [0, 0.1) is 10.1 Å². The predicted molar refractivity (Wildman–Crippen MR) is 115 cm³/mol. The summed E-state index contributed by atoms with van der Waals surface area (Å²) in [5.74, 6) is 1.02. The van der Waals surface area contributed by atoms with E-state index in [9.17, 15) is 14.9 Å². The van der Waals surface area contributed by atoms with Crippen LogP contribution in [-0.2, 0) is 19.5 Å². The molecule has 1 aromatic heterocycles. The second kappa shape index (κ2) is 8.81. The molecule has 0 amide bonds. The van der Waals surface area contributed by atoms with Gasteiger partial charge in [0.2, 0.25) is 0 Å². The van der Waals surface area contributed by atoms with Gasteiger partial charge in [-0.3, -0.25) is 19.6 Å². The summed E-state index contributed by atoms with van der Waals surface area (Å²) in [6.45, 7) is 3.26. The SMILES string of the molecule is COc1cc2c(cc1OC)CN(CCCCn1c(=O)oc3cc([N+](=O)[O-])ccc31)CC2. The lowest BCUT2D eigenvalue weighted by Crippen LogP contribution is -2.31. The van der Waals surface area contributed by atoms with Gasteiger partial charge in [-0.05, 0) is 55.1 Å². The summed E-state index contributed by atoms with van der Waals surface area (Å²) in [6.07, 6.45) is 2.69. The van der Waals surface area contributed by atoms with E-state index in [0.717, 1.165) is 50.4 Å². The van der Waals surface area contributed by atoms with Crippen molar-refractivity contribution in [2.24, 2.45) is 0 Å². The van der Waals surface area contributed by atoms with Crippen LogP contribution in [0.25, 0.3) is 11.1 Å². The smallest absolute Gasteiger partial charge is 0.419 e. The van der Waals surface area contributed by atoms with E-state index in [1.165, 1.54) is 23.3 Å². The van der Waals surface area contributed by atoms with Crippen LogP contribution in [0.15, 0.2) is 39.5 Å². The Morgan fingerprint density at radius 1 is 1.06 bits per heavy atom. The van der Waals surface area contributed by atoms with E-state index in [4.69, 9.17) is 13.9 Å². The van der Waals surface area contributed by atoms with Gasteiger partial charge in [0.25, 0.3) is 5.69 Å².